The Morgan fingerprint density at radius 2 is 2.25 bits per heavy atom. The number of nitrogens with one attached hydrogen (secondary N) is 2. The van der Waals surface area contributed by atoms with Gasteiger partial charge in [0.1, 0.15) is 11.5 Å². The molecular weight excluding hydrogens is 256 g/mol. The predicted octanol–water partition coefficient (Wildman–Crippen LogP) is 1.90. The van der Waals surface area contributed by atoms with Crippen molar-refractivity contribution in [1.82, 2.24) is 14.9 Å². The monoisotopic (exact) mass is 276 g/mol. The van der Waals surface area contributed by atoms with Gasteiger partial charge in [0.05, 0.1) is 12.2 Å². The van der Waals surface area contributed by atoms with E-state index in [0.29, 0.717) is 5.82 Å². The molecule has 0 spiro atoms. The number of carbonyl (C=O) groups excluding carboxylic acids is 1. The molecule has 2 aromatic rings. The lowest BCUT2D eigenvalue weighted by molar-refractivity contribution is -0.127. The Kier molecular flexibility index (Phi) is 4.57. The van der Waals surface area contributed by atoms with E-state index in [9.17, 15) is 4.79 Å². The zero-order chi connectivity index (χ0) is 14.5. The highest BCUT2D eigenvalue weighted by Gasteiger charge is 2.13. The van der Waals surface area contributed by atoms with Crippen molar-refractivity contribution in [3.8, 4) is 0 Å². The molecule has 0 saturated heterocycles. The standard InChI is InChI=1S/C14H20N4O2/c1-3-4-7-11-14(15-9-13(19)17-20)16-12-8-5-6-10(2)18(11)12/h5-6,8,15,20H,3-4,7,9H2,1-2H3,(H,17,19). The number of hydrogen-bond acceptors (Lipinski definition) is 4. The minimum Gasteiger partial charge on any atom is -0.359 e. The number of carbonyl (C=O) groups is 1. The molecule has 0 aliphatic carbocycles. The smallest absolute Gasteiger partial charge is 0.262 e. The van der Waals surface area contributed by atoms with E-state index in [2.05, 4.69) is 21.6 Å². The number of aromatic nitrogens is 2. The van der Waals surface area contributed by atoms with Crippen LogP contribution in [0, 0.1) is 6.92 Å². The molecule has 0 saturated carbocycles. The van der Waals surface area contributed by atoms with E-state index in [1.807, 2.05) is 25.1 Å². The summed E-state index contributed by atoms with van der Waals surface area (Å²) in [5.74, 6) is 0.219. The van der Waals surface area contributed by atoms with Gasteiger partial charge >= 0.3 is 0 Å². The molecule has 0 atom stereocenters. The summed E-state index contributed by atoms with van der Waals surface area (Å²) in [6.07, 6.45) is 3.05. The molecule has 3 N–H and O–H groups in total. The van der Waals surface area contributed by atoms with Crippen LogP contribution in [0.2, 0.25) is 0 Å². The highest BCUT2D eigenvalue weighted by molar-refractivity contribution is 5.79. The summed E-state index contributed by atoms with van der Waals surface area (Å²) in [6.45, 7) is 4.18. The van der Waals surface area contributed by atoms with Crippen LogP contribution in [0.25, 0.3) is 5.65 Å². The Hall–Kier alpha value is -2.08. The number of hydrogen-bond donors (Lipinski definition) is 3. The van der Waals surface area contributed by atoms with Gasteiger partial charge in [-0.25, -0.2) is 10.5 Å². The Bertz CT molecular complexity index is 606. The van der Waals surface area contributed by atoms with Gasteiger partial charge in [-0.1, -0.05) is 19.4 Å². The van der Waals surface area contributed by atoms with Crippen molar-refractivity contribution in [2.45, 2.75) is 33.1 Å². The molecule has 0 radical (unpaired) electrons. The van der Waals surface area contributed by atoms with Crippen LogP contribution >= 0.6 is 0 Å². The Balaban J connectivity index is 2.36. The molecular formula is C14H20N4O2. The number of nitrogens with zero attached hydrogens (tertiary/aromatic N) is 2. The number of hydroxylamine groups is 1. The van der Waals surface area contributed by atoms with Gasteiger partial charge in [0.2, 0.25) is 0 Å². The van der Waals surface area contributed by atoms with Crippen molar-refractivity contribution < 1.29 is 10.0 Å². The highest BCUT2D eigenvalue weighted by Crippen LogP contribution is 2.21. The maximum atomic E-state index is 11.1. The third-order valence-electron chi connectivity index (χ3n) is 3.24. The minimum atomic E-state index is -0.486. The van der Waals surface area contributed by atoms with Crippen molar-refractivity contribution in [3.05, 3.63) is 29.6 Å². The second-order valence-corrected chi connectivity index (χ2v) is 4.76. The quantitative estimate of drug-likeness (QED) is 0.556. The fourth-order valence-electron chi connectivity index (χ4n) is 2.25. The molecule has 0 aliphatic heterocycles. The van der Waals surface area contributed by atoms with Gasteiger partial charge in [-0.3, -0.25) is 14.4 Å². The molecule has 0 aliphatic rings. The fraction of sp³-hybridized carbons (Fsp3) is 0.429. The molecule has 6 nitrogen and oxygen atoms in total. The van der Waals surface area contributed by atoms with Crippen LogP contribution in [0.4, 0.5) is 5.82 Å². The molecule has 2 heterocycles. The predicted molar refractivity (Wildman–Crippen MR) is 77.0 cm³/mol. The number of unbranched alkanes of at least 4 members (excludes halogenated alkanes) is 1. The van der Waals surface area contributed by atoms with Gasteiger partial charge in [0.15, 0.2) is 0 Å². The van der Waals surface area contributed by atoms with Gasteiger partial charge in [0.25, 0.3) is 5.91 Å². The summed E-state index contributed by atoms with van der Waals surface area (Å²) in [6, 6.07) is 5.94. The average molecular weight is 276 g/mol. The molecule has 0 unspecified atom stereocenters. The van der Waals surface area contributed by atoms with E-state index in [1.165, 1.54) is 0 Å². The lowest BCUT2D eigenvalue weighted by atomic mass is 10.2. The molecule has 0 bridgehead atoms. The summed E-state index contributed by atoms with van der Waals surface area (Å²) in [5, 5.41) is 11.5. The lowest BCUT2D eigenvalue weighted by Crippen LogP contribution is -2.27. The SMILES string of the molecule is CCCCc1c(NCC(=O)NO)nc2cccc(C)n12. The zero-order valence-corrected chi connectivity index (χ0v) is 11.8. The third-order valence-corrected chi connectivity index (χ3v) is 3.24. The first-order chi connectivity index (χ1) is 9.67. The van der Waals surface area contributed by atoms with Gasteiger partial charge < -0.3 is 5.32 Å². The van der Waals surface area contributed by atoms with Crippen molar-refractivity contribution in [1.29, 1.82) is 0 Å². The average Bonchev–Trinajstić information content (AvgIpc) is 2.81. The van der Waals surface area contributed by atoms with E-state index >= 15 is 0 Å². The number of imidazole rings is 1. The number of anilines is 1. The van der Waals surface area contributed by atoms with Crippen LogP contribution in [0.3, 0.4) is 0 Å². The normalized spacial score (nSPS) is 10.8. The van der Waals surface area contributed by atoms with Crippen molar-refractivity contribution in [2.24, 2.45) is 0 Å². The molecule has 108 valence electrons. The van der Waals surface area contributed by atoms with E-state index in [0.717, 1.165) is 36.3 Å². The molecule has 6 heteroatoms. The van der Waals surface area contributed by atoms with E-state index < -0.39 is 5.91 Å². The molecule has 1 amide bonds. The third kappa shape index (κ3) is 2.91. The van der Waals surface area contributed by atoms with E-state index in [-0.39, 0.29) is 6.54 Å². The summed E-state index contributed by atoms with van der Waals surface area (Å²) >= 11 is 0. The number of fused-ring (bicyclic) bond motifs is 1. The number of amides is 1. The summed E-state index contributed by atoms with van der Waals surface area (Å²) in [5.41, 5.74) is 4.66. The minimum absolute atomic E-state index is 0.00143. The maximum Gasteiger partial charge on any atom is 0.262 e. The van der Waals surface area contributed by atoms with Gasteiger partial charge in [-0.05, 0) is 31.9 Å². The largest absolute Gasteiger partial charge is 0.359 e. The first kappa shape index (κ1) is 14.3. The lowest BCUT2D eigenvalue weighted by Gasteiger charge is -2.08. The van der Waals surface area contributed by atoms with Gasteiger partial charge in [0, 0.05) is 5.69 Å². The molecule has 0 aromatic carbocycles. The van der Waals surface area contributed by atoms with Crippen molar-refractivity contribution in [3.63, 3.8) is 0 Å². The van der Waals surface area contributed by atoms with Crippen LogP contribution in [-0.2, 0) is 11.2 Å². The molecule has 2 aromatic heterocycles. The highest BCUT2D eigenvalue weighted by atomic mass is 16.5. The second-order valence-electron chi connectivity index (χ2n) is 4.76. The van der Waals surface area contributed by atoms with E-state index in [1.54, 1.807) is 5.48 Å². The van der Waals surface area contributed by atoms with Crippen LogP contribution < -0.4 is 10.8 Å². The van der Waals surface area contributed by atoms with Gasteiger partial charge in [-0.2, -0.15) is 0 Å². The maximum absolute atomic E-state index is 11.1. The number of pyridine rings is 1. The Morgan fingerprint density at radius 1 is 1.45 bits per heavy atom. The van der Waals surface area contributed by atoms with Crippen LogP contribution in [-0.4, -0.2) is 27.0 Å². The fourth-order valence-corrected chi connectivity index (χ4v) is 2.25. The summed E-state index contributed by atoms with van der Waals surface area (Å²) < 4.78 is 2.11. The van der Waals surface area contributed by atoms with Crippen LogP contribution in [0.15, 0.2) is 18.2 Å². The first-order valence-corrected chi connectivity index (χ1v) is 6.81. The zero-order valence-electron chi connectivity index (χ0n) is 11.8. The Labute approximate surface area is 117 Å². The van der Waals surface area contributed by atoms with Crippen LogP contribution in [0.5, 0.6) is 0 Å². The molecule has 2 rings (SSSR count). The van der Waals surface area contributed by atoms with Crippen LogP contribution in [0.1, 0.15) is 31.2 Å². The molecule has 0 fully saturated rings. The van der Waals surface area contributed by atoms with Gasteiger partial charge in [-0.15, -0.1) is 0 Å². The topological polar surface area (TPSA) is 78.7 Å². The first-order valence-electron chi connectivity index (χ1n) is 6.81. The summed E-state index contributed by atoms with van der Waals surface area (Å²) in [7, 11) is 0. The summed E-state index contributed by atoms with van der Waals surface area (Å²) in [4.78, 5) is 15.7. The second kappa shape index (κ2) is 6.38. The van der Waals surface area contributed by atoms with E-state index in [4.69, 9.17) is 5.21 Å². The van der Waals surface area contributed by atoms with Crippen molar-refractivity contribution in [2.75, 3.05) is 11.9 Å². The molecule has 20 heavy (non-hydrogen) atoms. The number of aryl methyl sites for hydroxylation is 2. The van der Waals surface area contributed by atoms with Crippen molar-refractivity contribution >= 4 is 17.4 Å². The Morgan fingerprint density at radius 3 is 2.95 bits per heavy atom. The number of rotatable bonds is 6.